The fourth-order valence-corrected chi connectivity index (χ4v) is 7.00. The van der Waals surface area contributed by atoms with E-state index in [9.17, 15) is 13.2 Å². The Balaban J connectivity index is 1.35. The van der Waals surface area contributed by atoms with Crippen molar-refractivity contribution < 1.29 is 13.2 Å². The Kier molecular flexibility index (Phi) is 9.96. The summed E-state index contributed by atoms with van der Waals surface area (Å²) in [5.74, 6) is 0.323. The number of nitrogens with zero attached hydrogens (tertiary/aromatic N) is 4. The van der Waals surface area contributed by atoms with Crippen LogP contribution >= 0.6 is 34.8 Å². The minimum atomic E-state index is -3.87. The summed E-state index contributed by atoms with van der Waals surface area (Å²) in [6.45, 7) is 6.35. The Bertz CT molecular complexity index is 1410. The fraction of sp³-hybridized carbons (Fsp3) is 0.407. The van der Waals surface area contributed by atoms with Crippen molar-refractivity contribution in [3.05, 3.63) is 75.0 Å². The molecule has 39 heavy (non-hydrogen) atoms. The van der Waals surface area contributed by atoms with Gasteiger partial charge < -0.3 is 5.32 Å². The van der Waals surface area contributed by atoms with Crippen LogP contribution in [0.3, 0.4) is 0 Å². The van der Waals surface area contributed by atoms with Gasteiger partial charge in [0.15, 0.2) is 0 Å². The summed E-state index contributed by atoms with van der Waals surface area (Å²) in [5, 5.41) is 8.04. The maximum absolute atomic E-state index is 13.2. The summed E-state index contributed by atoms with van der Waals surface area (Å²) in [7, 11) is -3.87. The van der Waals surface area contributed by atoms with Crippen molar-refractivity contribution in [2.24, 2.45) is 5.92 Å². The van der Waals surface area contributed by atoms with E-state index >= 15 is 0 Å². The molecule has 0 saturated carbocycles. The molecule has 3 aromatic rings. The lowest BCUT2D eigenvalue weighted by molar-refractivity contribution is -0.122. The number of para-hydroxylation sites is 1. The van der Waals surface area contributed by atoms with Gasteiger partial charge in [-0.15, -0.1) is 0 Å². The van der Waals surface area contributed by atoms with Crippen LogP contribution in [0.2, 0.25) is 15.1 Å². The molecule has 0 spiro atoms. The first kappa shape index (κ1) is 29.8. The minimum Gasteiger partial charge on any atom is -0.349 e. The average Bonchev–Trinajstić information content (AvgIpc) is 3.12. The zero-order chi connectivity index (χ0) is 28.2. The molecule has 2 heterocycles. The van der Waals surface area contributed by atoms with E-state index in [1.807, 2.05) is 46.0 Å². The van der Waals surface area contributed by atoms with Gasteiger partial charge in [-0.1, -0.05) is 66.8 Å². The third kappa shape index (κ3) is 7.54. The summed E-state index contributed by atoms with van der Waals surface area (Å²) >= 11 is 18.2. The molecule has 8 nitrogen and oxygen atoms in total. The van der Waals surface area contributed by atoms with Gasteiger partial charge in [0.1, 0.15) is 4.90 Å². The molecule has 0 atom stereocenters. The van der Waals surface area contributed by atoms with E-state index in [2.05, 4.69) is 19.2 Å². The van der Waals surface area contributed by atoms with Gasteiger partial charge in [-0.25, -0.2) is 13.1 Å². The third-order valence-electron chi connectivity index (χ3n) is 6.43. The fourth-order valence-electron chi connectivity index (χ4n) is 4.55. The molecule has 1 fully saturated rings. The van der Waals surface area contributed by atoms with Crippen LogP contribution < -0.4 is 5.32 Å². The number of hydrogen-bond acceptors (Lipinski definition) is 5. The number of carbonyl (C=O) groups excluding carboxylic acids is 1. The SMILES string of the molecule is CC(C)Cc1cc(CNC(=O)CN2CCCN(S(=O)(=O)c3cc(Cl)c(Cl)cc3Cl)CC2)nn1-c1ccccc1. The average molecular weight is 613 g/mol. The number of benzene rings is 2. The highest BCUT2D eigenvalue weighted by Gasteiger charge is 2.30. The Hall–Kier alpha value is -2.14. The maximum atomic E-state index is 13.2. The van der Waals surface area contributed by atoms with E-state index in [0.29, 0.717) is 38.5 Å². The predicted molar refractivity (Wildman–Crippen MR) is 155 cm³/mol. The van der Waals surface area contributed by atoms with Crippen LogP contribution in [0.15, 0.2) is 53.4 Å². The van der Waals surface area contributed by atoms with Gasteiger partial charge in [0, 0.05) is 25.3 Å². The molecular formula is C27H32Cl3N5O3S. The molecule has 1 aliphatic heterocycles. The molecule has 0 unspecified atom stereocenters. The number of rotatable bonds is 9. The Morgan fingerprint density at radius 3 is 2.41 bits per heavy atom. The molecule has 4 rings (SSSR count). The molecule has 1 N–H and O–H groups in total. The lowest BCUT2D eigenvalue weighted by Crippen LogP contribution is -2.40. The highest BCUT2D eigenvalue weighted by atomic mass is 35.5. The van der Waals surface area contributed by atoms with Crippen LogP contribution in [-0.2, 0) is 27.8 Å². The smallest absolute Gasteiger partial charge is 0.244 e. The maximum Gasteiger partial charge on any atom is 0.244 e. The Morgan fingerprint density at radius 2 is 1.69 bits per heavy atom. The van der Waals surface area contributed by atoms with Crippen LogP contribution in [0.25, 0.3) is 5.69 Å². The summed E-state index contributed by atoms with van der Waals surface area (Å²) < 4.78 is 29.8. The van der Waals surface area contributed by atoms with Gasteiger partial charge in [-0.2, -0.15) is 9.40 Å². The van der Waals surface area contributed by atoms with E-state index in [1.54, 1.807) is 0 Å². The first-order valence-corrected chi connectivity index (χ1v) is 15.4. The standard InChI is InChI=1S/C27H32Cl3N5O3S/c1-19(2)13-22-14-20(32-35(22)21-7-4-3-5-8-21)17-31-27(36)18-33-9-6-10-34(12-11-33)39(37,38)26-16-24(29)23(28)15-25(26)30/h3-5,7-8,14-16,19H,6,9-13,17-18H2,1-2H3,(H,31,36). The lowest BCUT2D eigenvalue weighted by atomic mass is 10.1. The number of hydrogen-bond donors (Lipinski definition) is 1. The van der Waals surface area contributed by atoms with Crippen molar-refractivity contribution in [3.63, 3.8) is 0 Å². The van der Waals surface area contributed by atoms with E-state index in [0.717, 1.165) is 23.5 Å². The van der Waals surface area contributed by atoms with E-state index in [1.165, 1.54) is 16.4 Å². The molecule has 1 amide bonds. The second kappa shape index (κ2) is 13.0. The molecule has 1 saturated heterocycles. The summed E-state index contributed by atoms with van der Waals surface area (Å²) in [5.41, 5.74) is 2.86. The Morgan fingerprint density at radius 1 is 0.974 bits per heavy atom. The van der Waals surface area contributed by atoms with Crippen LogP contribution in [0.5, 0.6) is 0 Å². The molecule has 0 aliphatic carbocycles. The van der Waals surface area contributed by atoms with Crippen LogP contribution in [0.4, 0.5) is 0 Å². The molecule has 0 bridgehead atoms. The van der Waals surface area contributed by atoms with Crippen LogP contribution in [-0.4, -0.2) is 66.0 Å². The van der Waals surface area contributed by atoms with Crippen molar-refractivity contribution in [1.82, 2.24) is 24.3 Å². The predicted octanol–water partition coefficient (Wildman–Crippen LogP) is 5.04. The van der Waals surface area contributed by atoms with Gasteiger partial charge >= 0.3 is 0 Å². The highest BCUT2D eigenvalue weighted by molar-refractivity contribution is 7.89. The molecular weight excluding hydrogens is 581 g/mol. The zero-order valence-electron chi connectivity index (χ0n) is 21.9. The second-order valence-electron chi connectivity index (χ2n) is 9.98. The Labute approximate surface area is 244 Å². The van der Waals surface area contributed by atoms with Crippen molar-refractivity contribution in [1.29, 1.82) is 0 Å². The quantitative estimate of drug-likeness (QED) is 0.342. The molecule has 210 valence electrons. The highest BCUT2D eigenvalue weighted by Crippen LogP contribution is 2.33. The third-order valence-corrected chi connectivity index (χ3v) is 9.51. The second-order valence-corrected chi connectivity index (χ2v) is 13.1. The summed E-state index contributed by atoms with van der Waals surface area (Å²) in [4.78, 5) is 14.7. The van der Waals surface area contributed by atoms with Gasteiger partial charge in [-0.3, -0.25) is 9.69 Å². The van der Waals surface area contributed by atoms with E-state index in [4.69, 9.17) is 39.9 Å². The molecule has 0 radical (unpaired) electrons. The topological polar surface area (TPSA) is 87.5 Å². The number of amides is 1. The van der Waals surface area contributed by atoms with Crippen molar-refractivity contribution >= 4 is 50.7 Å². The molecule has 1 aliphatic rings. The number of aromatic nitrogens is 2. The molecule has 12 heteroatoms. The number of sulfonamides is 1. The summed E-state index contributed by atoms with van der Waals surface area (Å²) in [6, 6.07) is 14.6. The van der Waals surface area contributed by atoms with Gasteiger partial charge in [-0.05, 0) is 55.6 Å². The van der Waals surface area contributed by atoms with Crippen LogP contribution in [0, 0.1) is 5.92 Å². The van der Waals surface area contributed by atoms with Crippen LogP contribution in [0.1, 0.15) is 31.7 Å². The zero-order valence-corrected chi connectivity index (χ0v) is 25.0. The largest absolute Gasteiger partial charge is 0.349 e. The van der Waals surface area contributed by atoms with E-state index in [-0.39, 0.29) is 39.0 Å². The number of halogens is 3. The lowest BCUT2D eigenvalue weighted by Gasteiger charge is -2.22. The van der Waals surface area contributed by atoms with Gasteiger partial charge in [0.25, 0.3) is 0 Å². The van der Waals surface area contributed by atoms with Gasteiger partial charge in [0.05, 0.1) is 39.5 Å². The molecule has 1 aromatic heterocycles. The number of nitrogens with one attached hydrogen (secondary N) is 1. The van der Waals surface area contributed by atoms with Crippen molar-refractivity contribution in [2.75, 3.05) is 32.7 Å². The minimum absolute atomic E-state index is 0.0242. The normalized spacial score (nSPS) is 15.4. The van der Waals surface area contributed by atoms with Gasteiger partial charge in [0.2, 0.25) is 15.9 Å². The summed E-state index contributed by atoms with van der Waals surface area (Å²) in [6.07, 6.45) is 1.45. The molecule has 2 aromatic carbocycles. The monoisotopic (exact) mass is 611 g/mol. The first-order valence-electron chi connectivity index (χ1n) is 12.8. The van der Waals surface area contributed by atoms with Crippen molar-refractivity contribution in [2.45, 2.75) is 38.1 Å². The number of carbonyl (C=O) groups is 1. The van der Waals surface area contributed by atoms with E-state index < -0.39 is 10.0 Å². The first-order chi connectivity index (χ1) is 18.5. The van der Waals surface area contributed by atoms with Crippen molar-refractivity contribution in [3.8, 4) is 5.69 Å².